The van der Waals surface area contributed by atoms with Gasteiger partial charge in [0.05, 0.1) is 6.10 Å². The molecule has 1 aromatic carbocycles. The maximum atomic E-state index is 13.2. The number of aromatic nitrogens is 1. The molecule has 2 fully saturated rings. The molecule has 3 aliphatic heterocycles. The molecule has 3 aliphatic rings. The molecule has 4 heterocycles. The van der Waals surface area contributed by atoms with Crippen LogP contribution >= 0.6 is 0 Å². The van der Waals surface area contributed by atoms with Crippen molar-refractivity contribution in [3.63, 3.8) is 0 Å². The van der Waals surface area contributed by atoms with Crippen molar-refractivity contribution in [2.45, 2.75) is 44.2 Å². The quantitative estimate of drug-likeness (QED) is 0.803. The summed E-state index contributed by atoms with van der Waals surface area (Å²) in [7, 11) is 0. The predicted molar refractivity (Wildman–Crippen MR) is 119 cm³/mol. The minimum absolute atomic E-state index is 0.156. The molecule has 164 valence electrons. The smallest absolute Gasteiger partial charge is 0.263 e. The number of amides is 1. The third-order valence-corrected chi connectivity index (χ3v) is 7.14. The third kappa shape index (κ3) is 4.19. The van der Waals surface area contributed by atoms with Crippen molar-refractivity contribution in [3.05, 3.63) is 69.6 Å². The second kappa shape index (κ2) is 8.60. The lowest BCUT2D eigenvalue weighted by Crippen LogP contribution is -2.48. The summed E-state index contributed by atoms with van der Waals surface area (Å²) in [6.45, 7) is 4.63. The van der Waals surface area contributed by atoms with E-state index in [0.717, 1.165) is 44.6 Å². The molecule has 0 unspecified atom stereocenters. The summed E-state index contributed by atoms with van der Waals surface area (Å²) in [5.74, 6) is 0.574. The first-order chi connectivity index (χ1) is 15.1. The number of hydrogen-bond donors (Lipinski definition) is 1. The Morgan fingerprint density at radius 2 is 1.87 bits per heavy atom. The second-order valence-electron chi connectivity index (χ2n) is 9.43. The Kier molecular flexibility index (Phi) is 5.67. The molecule has 0 aliphatic carbocycles. The van der Waals surface area contributed by atoms with E-state index in [1.54, 1.807) is 11.0 Å². The van der Waals surface area contributed by atoms with Gasteiger partial charge in [0.2, 0.25) is 0 Å². The molecular weight excluding hydrogens is 390 g/mol. The lowest BCUT2D eigenvalue weighted by atomic mass is 9.83. The first kappa shape index (κ1) is 20.5. The predicted octanol–water partition coefficient (Wildman–Crippen LogP) is 2.11. The zero-order chi connectivity index (χ0) is 21.4. The van der Waals surface area contributed by atoms with Crippen LogP contribution in [0.2, 0.25) is 0 Å². The molecule has 0 radical (unpaired) electrons. The second-order valence-corrected chi connectivity index (χ2v) is 9.43. The fourth-order valence-corrected chi connectivity index (χ4v) is 5.64. The molecule has 0 saturated carbocycles. The number of rotatable bonds is 5. The van der Waals surface area contributed by atoms with Crippen LogP contribution in [-0.2, 0) is 13.0 Å². The maximum Gasteiger partial charge on any atom is 0.263 e. The summed E-state index contributed by atoms with van der Waals surface area (Å²) in [6.07, 6.45) is 3.48. The highest BCUT2D eigenvalue weighted by atomic mass is 16.3. The number of benzene rings is 1. The molecule has 5 rings (SSSR count). The molecule has 2 aromatic rings. The van der Waals surface area contributed by atoms with Crippen LogP contribution in [0.5, 0.6) is 0 Å². The standard InChI is InChI=1S/C25H31N3O3/c29-21-10-12-27(17-21)24(30)22-8-9-23-20-13-19(15-28(23)25(22)31)14-26(16-20)11-4-7-18-5-2-1-3-6-18/h1-3,5-6,8-9,19-21,29H,4,7,10-17H2/t19-,20+,21-/m0/s1. The minimum Gasteiger partial charge on any atom is -0.391 e. The Morgan fingerprint density at radius 1 is 1.03 bits per heavy atom. The molecule has 0 spiro atoms. The molecule has 1 N–H and O–H groups in total. The lowest BCUT2D eigenvalue weighted by Gasteiger charge is -2.43. The zero-order valence-electron chi connectivity index (χ0n) is 17.9. The largest absolute Gasteiger partial charge is 0.391 e. The summed E-state index contributed by atoms with van der Waals surface area (Å²) in [5, 5.41) is 9.73. The molecule has 6 heteroatoms. The number of pyridine rings is 1. The van der Waals surface area contributed by atoms with Crippen molar-refractivity contribution in [1.29, 1.82) is 0 Å². The van der Waals surface area contributed by atoms with Gasteiger partial charge < -0.3 is 19.5 Å². The highest BCUT2D eigenvalue weighted by Gasteiger charge is 2.36. The molecular formula is C25H31N3O3. The van der Waals surface area contributed by atoms with Gasteiger partial charge in [0, 0.05) is 44.3 Å². The molecule has 2 saturated heterocycles. The van der Waals surface area contributed by atoms with E-state index in [0.29, 0.717) is 37.9 Å². The van der Waals surface area contributed by atoms with Crippen molar-refractivity contribution in [3.8, 4) is 0 Å². The van der Waals surface area contributed by atoms with E-state index >= 15 is 0 Å². The lowest BCUT2D eigenvalue weighted by molar-refractivity contribution is 0.0760. The minimum atomic E-state index is -0.475. The number of fused-ring (bicyclic) bond motifs is 4. The van der Waals surface area contributed by atoms with Gasteiger partial charge in [0.25, 0.3) is 11.5 Å². The van der Waals surface area contributed by atoms with E-state index < -0.39 is 6.10 Å². The van der Waals surface area contributed by atoms with E-state index in [1.807, 2.05) is 10.6 Å². The molecule has 1 aromatic heterocycles. The Hall–Kier alpha value is -2.44. The van der Waals surface area contributed by atoms with Gasteiger partial charge in [-0.05, 0) is 55.8 Å². The number of nitrogens with zero attached hydrogens (tertiary/aromatic N) is 3. The summed E-state index contributed by atoms with van der Waals surface area (Å²) >= 11 is 0. The molecule has 6 nitrogen and oxygen atoms in total. The summed E-state index contributed by atoms with van der Waals surface area (Å²) in [4.78, 5) is 30.2. The van der Waals surface area contributed by atoms with E-state index in [1.165, 1.54) is 5.56 Å². The van der Waals surface area contributed by atoms with Gasteiger partial charge in [0.15, 0.2) is 0 Å². The van der Waals surface area contributed by atoms with Gasteiger partial charge in [-0.3, -0.25) is 9.59 Å². The maximum absolute atomic E-state index is 13.2. The molecule has 3 atom stereocenters. The van der Waals surface area contributed by atoms with Crippen LogP contribution in [0.3, 0.4) is 0 Å². The van der Waals surface area contributed by atoms with Gasteiger partial charge in [-0.1, -0.05) is 30.3 Å². The normalized spacial score (nSPS) is 25.5. The number of aliphatic hydroxyl groups is 1. The number of carbonyl (C=O) groups is 1. The van der Waals surface area contributed by atoms with Crippen LogP contribution in [0.4, 0.5) is 0 Å². The fourth-order valence-electron chi connectivity index (χ4n) is 5.64. The Labute approximate surface area is 183 Å². The average molecular weight is 422 g/mol. The summed E-state index contributed by atoms with van der Waals surface area (Å²) < 4.78 is 1.86. The molecule has 1 amide bonds. The highest BCUT2D eigenvalue weighted by molar-refractivity contribution is 5.94. The van der Waals surface area contributed by atoms with E-state index in [2.05, 4.69) is 35.2 Å². The van der Waals surface area contributed by atoms with E-state index in [-0.39, 0.29) is 17.0 Å². The molecule has 31 heavy (non-hydrogen) atoms. The van der Waals surface area contributed by atoms with Crippen molar-refractivity contribution < 1.29 is 9.90 Å². The van der Waals surface area contributed by atoms with Crippen molar-refractivity contribution in [1.82, 2.24) is 14.4 Å². The van der Waals surface area contributed by atoms with Crippen LogP contribution in [0, 0.1) is 5.92 Å². The van der Waals surface area contributed by atoms with Crippen molar-refractivity contribution in [2.75, 3.05) is 32.7 Å². The number of aliphatic hydroxyl groups excluding tert-OH is 1. The monoisotopic (exact) mass is 421 g/mol. The number of hydrogen-bond acceptors (Lipinski definition) is 4. The average Bonchev–Trinajstić information content (AvgIpc) is 3.21. The van der Waals surface area contributed by atoms with Gasteiger partial charge in [-0.15, -0.1) is 0 Å². The van der Waals surface area contributed by atoms with E-state index in [9.17, 15) is 14.7 Å². The summed E-state index contributed by atoms with van der Waals surface area (Å²) in [6, 6.07) is 14.3. The van der Waals surface area contributed by atoms with Crippen LogP contribution in [-0.4, -0.2) is 64.2 Å². The SMILES string of the molecule is O=C(c1ccc2n(c1=O)C[C@H]1C[C@@H]2CN(CCCc2ccccc2)C1)N1CC[C@H](O)C1. The molecule has 2 bridgehead atoms. The van der Waals surface area contributed by atoms with E-state index in [4.69, 9.17) is 0 Å². The van der Waals surface area contributed by atoms with Crippen LogP contribution in [0.25, 0.3) is 0 Å². The Bertz CT molecular complexity index is 1000. The number of likely N-dealkylation sites (tertiary alicyclic amines) is 2. The number of aryl methyl sites for hydroxylation is 1. The van der Waals surface area contributed by atoms with Gasteiger partial charge in [-0.2, -0.15) is 0 Å². The highest BCUT2D eigenvalue weighted by Crippen LogP contribution is 2.35. The van der Waals surface area contributed by atoms with Gasteiger partial charge >= 0.3 is 0 Å². The Morgan fingerprint density at radius 3 is 2.65 bits per heavy atom. The number of β-amino-alcohol motifs (C(OH)–C–C–N with tert-alkyl or cyclic N) is 1. The number of piperidine rings is 1. The van der Waals surface area contributed by atoms with Crippen molar-refractivity contribution in [2.24, 2.45) is 5.92 Å². The van der Waals surface area contributed by atoms with Crippen LogP contribution in [0.15, 0.2) is 47.3 Å². The van der Waals surface area contributed by atoms with Crippen molar-refractivity contribution >= 4 is 5.91 Å². The van der Waals surface area contributed by atoms with Crippen LogP contribution < -0.4 is 5.56 Å². The summed E-state index contributed by atoms with van der Waals surface area (Å²) in [5.41, 5.74) is 2.56. The number of carbonyl (C=O) groups excluding carboxylic acids is 1. The van der Waals surface area contributed by atoms with Crippen LogP contribution in [0.1, 0.15) is 46.8 Å². The fraction of sp³-hybridized carbons (Fsp3) is 0.520. The third-order valence-electron chi connectivity index (χ3n) is 7.14. The first-order valence-electron chi connectivity index (χ1n) is 11.6. The topological polar surface area (TPSA) is 65.8 Å². The Balaban J connectivity index is 1.27. The van der Waals surface area contributed by atoms with Gasteiger partial charge in [0.1, 0.15) is 5.56 Å². The first-order valence-corrected chi connectivity index (χ1v) is 11.6. The van der Waals surface area contributed by atoms with Gasteiger partial charge in [-0.25, -0.2) is 0 Å². The zero-order valence-corrected chi connectivity index (χ0v) is 17.9.